The van der Waals surface area contributed by atoms with E-state index in [9.17, 15) is 9.59 Å². The molecular weight excluding hydrogens is 556 g/mol. The molecule has 4 heteroatoms. The minimum Gasteiger partial charge on any atom is -0.463 e. The summed E-state index contributed by atoms with van der Waals surface area (Å²) < 4.78 is 10.9. The highest BCUT2D eigenvalue weighted by molar-refractivity contribution is 5.81. The zero-order valence-corrected chi connectivity index (χ0v) is 29.0. The van der Waals surface area contributed by atoms with Crippen LogP contribution in [0.5, 0.6) is 0 Å². The van der Waals surface area contributed by atoms with Crippen LogP contribution in [0.4, 0.5) is 0 Å². The number of carbonyl (C=O) groups excluding carboxylic acids is 2. The molecule has 0 aromatic heterocycles. The van der Waals surface area contributed by atoms with E-state index in [0.717, 1.165) is 83.5 Å². The maximum Gasteiger partial charge on any atom is 0.330 e. The van der Waals surface area contributed by atoms with E-state index in [1.807, 2.05) is 0 Å². The van der Waals surface area contributed by atoms with Crippen LogP contribution in [-0.2, 0) is 19.1 Å². The van der Waals surface area contributed by atoms with E-state index in [-0.39, 0.29) is 18.0 Å². The lowest BCUT2D eigenvalue weighted by Gasteiger charge is -2.16. The second kappa shape index (κ2) is 35.6. The van der Waals surface area contributed by atoms with E-state index < -0.39 is 0 Å². The van der Waals surface area contributed by atoms with Crippen LogP contribution in [-0.4, -0.2) is 24.6 Å². The van der Waals surface area contributed by atoms with Crippen LogP contribution in [0.15, 0.2) is 85.6 Å². The van der Waals surface area contributed by atoms with Crippen LogP contribution in [0, 0.1) is 0 Å². The van der Waals surface area contributed by atoms with Crippen LogP contribution in [0.2, 0.25) is 0 Å². The Hall–Kier alpha value is -2.88. The van der Waals surface area contributed by atoms with Gasteiger partial charge in [0.1, 0.15) is 6.10 Å². The topological polar surface area (TPSA) is 52.6 Å². The molecule has 0 spiro atoms. The van der Waals surface area contributed by atoms with Crippen molar-refractivity contribution in [2.24, 2.45) is 0 Å². The van der Waals surface area contributed by atoms with Crippen LogP contribution >= 0.6 is 0 Å². The summed E-state index contributed by atoms with van der Waals surface area (Å²) in [6.45, 7) is 8.27. The van der Waals surface area contributed by atoms with Gasteiger partial charge in [-0.25, -0.2) is 4.79 Å². The van der Waals surface area contributed by atoms with Crippen molar-refractivity contribution in [3.8, 4) is 0 Å². The second-order valence-corrected chi connectivity index (χ2v) is 11.6. The van der Waals surface area contributed by atoms with Gasteiger partial charge in [-0.1, -0.05) is 138 Å². The van der Waals surface area contributed by atoms with Crippen LogP contribution in [0.1, 0.15) is 149 Å². The molecule has 0 heterocycles. The third kappa shape index (κ3) is 33.8. The molecule has 0 N–H and O–H groups in total. The fourth-order valence-corrected chi connectivity index (χ4v) is 4.67. The molecule has 0 saturated heterocycles. The van der Waals surface area contributed by atoms with Gasteiger partial charge < -0.3 is 9.47 Å². The molecule has 0 saturated carbocycles. The Morgan fingerprint density at radius 3 is 1.76 bits per heavy atom. The van der Waals surface area contributed by atoms with E-state index in [0.29, 0.717) is 13.0 Å². The van der Waals surface area contributed by atoms with Gasteiger partial charge in [-0.05, 0) is 77.0 Å². The van der Waals surface area contributed by atoms with Crippen molar-refractivity contribution in [2.75, 3.05) is 6.61 Å². The van der Waals surface area contributed by atoms with Crippen molar-refractivity contribution < 1.29 is 19.1 Å². The third-order valence-corrected chi connectivity index (χ3v) is 7.33. The number of esters is 2. The minimum atomic E-state index is -0.336. The smallest absolute Gasteiger partial charge is 0.330 e. The lowest BCUT2D eigenvalue weighted by atomic mass is 10.1. The summed E-state index contributed by atoms with van der Waals surface area (Å²) in [7, 11) is 0. The summed E-state index contributed by atoms with van der Waals surface area (Å²) in [6.07, 6.45) is 49.4. The summed E-state index contributed by atoms with van der Waals surface area (Å²) in [5.74, 6) is -0.396. The fourth-order valence-electron chi connectivity index (χ4n) is 4.67. The van der Waals surface area contributed by atoms with E-state index >= 15 is 0 Å². The van der Waals surface area contributed by atoms with E-state index in [4.69, 9.17) is 9.47 Å². The van der Waals surface area contributed by atoms with Gasteiger partial charge in [0, 0.05) is 18.9 Å². The van der Waals surface area contributed by atoms with Gasteiger partial charge in [0.2, 0.25) is 0 Å². The Balaban J connectivity index is 4.06. The Kier molecular flexibility index (Phi) is 33.3. The number of carbonyl (C=O) groups is 2. The van der Waals surface area contributed by atoms with Gasteiger partial charge >= 0.3 is 11.9 Å². The molecule has 0 fully saturated rings. The van der Waals surface area contributed by atoms with Crippen molar-refractivity contribution in [2.45, 2.75) is 155 Å². The number of hydrogen-bond donors (Lipinski definition) is 0. The largest absolute Gasteiger partial charge is 0.463 e. The number of ether oxygens (including phenoxy) is 2. The van der Waals surface area contributed by atoms with Crippen LogP contribution in [0.3, 0.4) is 0 Å². The first-order chi connectivity index (χ1) is 22.1. The lowest BCUT2D eigenvalue weighted by Crippen LogP contribution is -2.17. The molecule has 0 aromatic rings. The Morgan fingerprint density at radius 1 is 0.600 bits per heavy atom. The first-order valence-corrected chi connectivity index (χ1v) is 18.0. The van der Waals surface area contributed by atoms with E-state index in [1.165, 1.54) is 51.0 Å². The molecule has 0 aliphatic rings. The van der Waals surface area contributed by atoms with Crippen LogP contribution in [0.25, 0.3) is 0 Å². The summed E-state index contributed by atoms with van der Waals surface area (Å²) in [5, 5.41) is 0. The Bertz CT molecular complexity index is 874. The monoisotopic (exact) mass is 622 g/mol. The van der Waals surface area contributed by atoms with Gasteiger partial charge in [-0.15, -0.1) is 0 Å². The minimum absolute atomic E-state index is 0.00510. The predicted molar refractivity (Wildman–Crippen MR) is 194 cm³/mol. The zero-order valence-electron chi connectivity index (χ0n) is 29.0. The van der Waals surface area contributed by atoms with Crippen LogP contribution < -0.4 is 0 Å². The van der Waals surface area contributed by atoms with Crippen molar-refractivity contribution in [1.29, 1.82) is 0 Å². The molecule has 0 amide bonds. The van der Waals surface area contributed by atoms with Crippen molar-refractivity contribution in [1.82, 2.24) is 0 Å². The quantitative estimate of drug-likeness (QED) is 0.0334. The molecule has 0 radical (unpaired) electrons. The van der Waals surface area contributed by atoms with Gasteiger partial charge in [-0.3, -0.25) is 4.79 Å². The number of allylic oxidation sites excluding steroid dienone is 11. The number of unbranched alkanes of at least 4 members (excludes halogenated alkanes) is 10. The normalized spacial score (nSPS) is 12.9. The van der Waals surface area contributed by atoms with Crippen molar-refractivity contribution >= 4 is 11.9 Å². The average molecular weight is 623 g/mol. The highest BCUT2D eigenvalue weighted by Crippen LogP contribution is 2.15. The molecule has 254 valence electrons. The Morgan fingerprint density at radius 2 is 1.13 bits per heavy atom. The first kappa shape index (κ1) is 42.1. The zero-order chi connectivity index (χ0) is 32.9. The van der Waals surface area contributed by atoms with E-state index in [1.54, 1.807) is 0 Å². The number of rotatable bonds is 31. The lowest BCUT2D eigenvalue weighted by molar-refractivity contribution is -0.149. The highest BCUT2D eigenvalue weighted by Gasteiger charge is 2.12. The van der Waals surface area contributed by atoms with Crippen molar-refractivity contribution in [3.05, 3.63) is 85.6 Å². The third-order valence-electron chi connectivity index (χ3n) is 7.33. The molecule has 1 atom stereocenters. The Labute approximate surface area is 277 Å². The SMILES string of the molecule is C=CC(=O)OCCCCCCCC/C=C\CC(CCCCCC)OC(=O)CCC/C=C\C/C=C\C/C=C\C/C=C\C/C=C\CC. The van der Waals surface area contributed by atoms with Gasteiger partial charge in [0.25, 0.3) is 0 Å². The molecular formula is C41H66O4. The van der Waals surface area contributed by atoms with Gasteiger partial charge in [0.05, 0.1) is 6.61 Å². The fraction of sp³-hybridized carbons (Fsp3) is 0.610. The maximum atomic E-state index is 12.5. The standard InChI is InChI=1S/C41H66O4/c1-4-7-9-11-12-13-14-15-16-17-18-19-20-23-26-29-33-37-41(43)45-39(35-31-10-8-5-2)36-32-28-25-22-21-24-27-30-34-38-44-40(42)6-3/h6-7,9,12-13,15-16,18-19,23,26,28,32,39H,3-5,8,10-11,14,17,20-22,24-25,27,29-31,33-38H2,1-2H3/b9-7-,13-12-,16-15-,19-18-,26-23-,32-28-. The molecule has 0 aliphatic heterocycles. The molecule has 0 aliphatic carbocycles. The molecule has 0 bridgehead atoms. The van der Waals surface area contributed by atoms with Crippen molar-refractivity contribution in [3.63, 3.8) is 0 Å². The predicted octanol–water partition coefficient (Wildman–Crippen LogP) is 12.2. The number of hydrogen-bond acceptors (Lipinski definition) is 4. The second-order valence-electron chi connectivity index (χ2n) is 11.6. The van der Waals surface area contributed by atoms with Gasteiger partial charge in [0.15, 0.2) is 0 Å². The molecule has 1 unspecified atom stereocenters. The molecule has 4 nitrogen and oxygen atoms in total. The highest BCUT2D eigenvalue weighted by atomic mass is 16.5. The average Bonchev–Trinajstić information content (AvgIpc) is 3.04. The first-order valence-electron chi connectivity index (χ1n) is 18.0. The summed E-state index contributed by atoms with van der Waals surface area (Å²) >= 11 is 0. The molecule has 0 aromatic carbocycles. The summed E-state index contributed by atoms with van der Waals surface area (Å²) in [5.41, 5.74) is 0. The van der Waals surface area contributed by atoms with Gasteiger partial charge in [-0.2, -0.15) is 0 Å². The van der Waals surface area contributed by atoms with E-state index in [2.05, 4.69) is 93.3 Å². The molecule has 45 heavy (non-hydrogen) atoms. The molecule has 0 rings (SSSR count). The maximum absolute atomic E-state index is 12.5. The summed E-state index contributed by atoms with van der Waals surface area (Å²) in [6, 6.07) is 0. The summed E-state index contributed by atoms with van der Waals surface area (Å²) in [4.78, 5) is 23.5.